The molecule has 1 N–H and O–H groups in total. The SMILES string of the molecule is CC(C)CN1C(=O)CCCC(C(=O)O)C1c1cncn1C. The van der Waals surface area contributed by atoms with Crippen molar-refractivity contribution in [3.05, 3.63) is 18.2 Å². The summed E-state index contributed by atoms with van der Waals surface area (Å²) in [5, 5.41) is 9.59. The molecule has 2 rings (SSSR count). The second-order valence-electron chi connectivity index (χ2n) is 6.15. The molecule has 1 aromatic rings. The van der Waals surface area contributed by atoms with Crippen molar-refractivity contribution in [2.45, 2.75) is 39.2 Å². The van der Waals surface area contributed by atoms with Crippen LogP contribution in [-0.2, 0) is 16.6 Å². The number of carbonyl (C=O) groups excluding carboxylic acids is 1. The topological polar surface area (TPSA) is 75.4 Å². The van der Waals surface area contributed by atoms with Gasteiger partial charge in [0.2, 0.25) is 5.91 Å². The lowest BCUT2D eigenvalue weighted by Crippen LogP contribution is -2.41. The van der Waals surface area contributed by atoms with Crippen molar-refractivity contribution >= 4 is 11.9 Å². The van der Waals surface area contributed by atoms with E-state index in [-0.39, 0.29) is 11.8 Å². The van der Waals surface area contributed by atoms with Gasteiger partial charge in [-0.05, 0) is 18.8 Å². The van der Waals surface area contributed by atoms with E-state index in [0.29, 0.717) is 25.8 Å². The summed E-state index contributed by atoms with van der Waals surface area (Å²) in [5.74, 6) is -1.09. The number of rotatable bonds is 4. The first-order valence-corrected chi connectivity index (χ1v) is 7.40. The smallest absolute Gasteiger partial charge is 0.309 e. The van der Waals surface area contributed by atoms with Crippen molar-refractivity contribution in [3.63, 3.8) is 0 Å². The van der Waals surface area contributed by atoms with Crippen LogP contribution in [0.5, 0.6) is 0 Å². The van der Waals surface area contributed by atoms with Gasteiger partial charge in [0.15, 0.2) is 0 Å². The summed E-state index contributed by atoms with van der Waals surface area (Å²) in [6.07, 6.45) is 4.89. The fraction of sp³-hybridized carbons (Fsp3) is 0.667. The standard InChI is InChI=1S/C15H23N3O3/c1-10(2)8-18-13(19)6-4-5-11(15(20)21)14(18)12-7-16-9-17(12)3/h7,9-11,14H,4-6,8H2,1-3H3,(H,20,21). The molecule has 2 unspecified atom stereocenters. The Morgan fingerprint density at radius 1 is 1.52 bits per heavy atom. The van der Waals surface area contributed by atoms with Gasteiger partial charge >= 0.3 is 5.97 Å². The molecule has 1 amide bonds. The third kappa shape index (κ3) is 3.25. The van der Waals surface area contributed by atoms with Crippen LogP contribution in [0, 0.1) is 11.8 Å². The van der Waals surface area contributed by atoms with Gasteiger partial charge in [0, 0.05) is 20.0 Å². The van der Waals surface area contributed by atoms with Crippen LogP contribution < -0.4 is 0 Å². The molecule has 6 heteroatoms. The first kappa shape index (κ1) is 15.5. The van der Waals surface area contributed by atoms with Gasteiger partial charge in [-0.1, -0.05) is 13.8 Å². The van der Waals surface area contributed by atoms with Gasteiger partial charge in [-0.3, -0.25) is 9.59 Å². The van der Waals surface area contributed by atoms with Gasteiger partial charge in [0.25, 0.3) is 0 Å². The maximum atomic E-state index is 12.4. The molecular weight excluding hydrogens is 270 g/mol. The van der Waals surface area contributed by atoms with Gasteiger partial charge in [0.1, 0.15) is 0 Å². The van der Waals surface area contributed by atoms with E-state index in [1.807, 2.05) is 25.5 Å². The normalized spacial score (nSPS) is 23.4. The molecule has 1 saturated heterocycles. The minimum Gasteiger partial charge on any atom is -0.481 e. The third-order valence-corrected chi connectivity index (χ3v) is 3.98. The van der Waals surface area contributed by atoms with Crippen molar-refractivity contribution in [1.82, 2.24) is 14.5 Å². The molecule has 6 nitrogen and oxygen atoms in total. The number of carboxylic acids is 1. The first-order valence-electron chi connectivity index (χ1n) is 7.40. The molecule has 116 valence electrons. The molecule has 1 aliphatic rings. The number of imidazole rings is 1. The lowest BCUT2D eigenvalue weighted by Gasteiger charge is -2.34. The van der Waals surface area contributed by atoms with Crippen molar-refractivity contribution in [1.29, 1.82) is 0 Å². The van der Waals surface area contributed by atoms with E-state index < -0.39 is 17.9 Å². The quantitative estimate of drug-likeness (QED) is 0.919. The number of aliphatic carboxylic acids is 1. The molecule has 0 aromatic carbocycles. The van der Waals surface area contributed by atoms with Crippen LogP contribution in [0.1, 0.15) is 44.8 Å². The molecule has 0 saturated carbocycles. The number of hydrogen-bond donors (Lipinski definition) is 1. The van der Waals surface area contributed by atoms with Gasteiger partial charge < -0.3 is 14.6 Å². The Bertz CT molecular complexity index is 524. The van der Waals surface area contributed by atoms with Crippen LogP contribution in [0.2, 0.25) is 0 Å². The van der Waals surface area contributed by atoms with E-state index >= 15 is 0 Å². The average molecular weight is 293 g/mol. The minimum absolute atomic E-state index is 0.0404. The highest BCUT2D eigenvalue weighted by Gasteiger charge is 2.40. The number of nitrogens with zero attached hydrogens (tertiary/aromatic N) is 3. The molecular formula is C15H23N3O3. The Morgan fingerprint density at radius 3 is 2.76 bits per heavy atom. The molecule has 0 aliphatic carbocycles. The Balaban J connectivity index is 2.47. The number of aryl methyl sites for hydroxylation is 1. The largest absolute Gasteiger partial charge is 0.481 e. The van der Waals surface area contributed by atoms with Crippen LogP contribution in [0.15, 0.2) is 12.5 Å². The number of likely N-dealkylation sites (tertiary alicyclic amines) is 1. The number of hydrogen-bond acceptors (Lipinski definition) is 3. The molecule has 1 aliphatic heterocycles. The van der Waals surface area contributed by atoms with Crippen LogP contribution in [-0.4, -0.2) is 38.0 Å². The molecule has 2 atom stereocenters. The van der Waals surface area contributed by atoms with Crippen molar-refractivity contribution in [2.75, 3.05) is 6.54 Å². The first-order chi connectivity index (χ1) is 9.91. The summed E-state index contributed by atoms with van der Waals surface area (Å²) in [6.45, 7) is 4.64. The van der Waals surface area contributed by atoms with Crippen LogP contribution in [0.25, 0.3) is 0 Å². The lowest BCUT2D eigenvalue weighted by atomic mass is 9.92. The van der Waals surface area contributed by atoms with Crippen LogP contribution in [0.4, 0.5) is 0 Å². The Hall–Kier alpha value is -1.85. The van der Waals surface area contributed by atoms with Gasteiger partial charge in [-0.2, -0.15) is 0 Å². The highest BCUT2D eigenvalue weighted by molar-refractivity contribution is 5.79. The number of carboxylic acid groups (broad SMARTS) is 1. The van der Waals surface area contributed by atoms with Crippen molar-refractivity contribution in [2.24, 2.45) is 18.9 Å². The Kier molecular flexibility index (Phi) is 4.65. The van der Waals surface area contributed by atoms with E-state index in [1.165, 1.54) is 0 Å². The second kappa shape index (κ2) is 6.28. The van der Waals surface area contributed by atoms with E-state index in [2.05, 4.69) is 4.98 Å². The third-order valence-electron chi connectivity index (χ3n) is 3.98. The number of aromatic nitrogens is 2. The van der Waals surface area contributed by atoms with E-state index in [9.17, 15) is 14.7 Å². The predicted molar refractivity (Wildman–Crippen MR) is 77.5 cm³/mol. The fourth-order valence-corrected chi connectivity index (χ4v) is 3.03. The zero-order valence-electron chi connectivity index (χ0n) is 12.8. The maximum Gasteiger partial charge on any atom is 0.309 e. The molecule has 0 spiro atoms. The van der Waals surface area contributed by atoms with E-state index in [4.69, 9.17) is 0 Å². The number of amides is 1. The number of carbonyl (C=O) groups is 2. The molecule has 1 fully saturated rings. The zero-order chi connectivity index (χ0) is 15.6. The van der Waals surface area contributed by atoms with Crippen molar-refractivity contribution < 1.29 is 14.7 Å². The summed E-state index contributed by atoms with van der Waals surface area (Å²) in [5.41, 5.74) is 0.790. The molecule has 0 radical (unpaired) electrons. The van der Waals surface area contributed by atoms with E-state index in [0.717, 1.165) is 5.69 Å². The van der Waals surface area contributed by atoms with Gasteiger partial charge in [0.05, 0.1) is 30.2 Å². The second-order valence-corrected chi connectivity index (χ2v) is 6.15. The summed E-state index contributed by atoms with van der Waals surface area (Å²) in [6, 6.07) is -0.438. The molecule has 2 heterocycles. The average Bonchev–Trinajstić information content (AvgIpc) is 2.74. The summed E-state index contributed by atoms with van der Waals surface area (Å²) >= 11 is 0. The Morgan fingerprint density at radius 2 is 2.24 bits per heavy atom. The molecule has 0 bridgehead atoms. The molecule has 1 aromatic heterocycles. The van der Waals surface area contributed by atoms with Gasteiger partial charge in [-0.25, -0.2) is 4.98 Å². The summed E-state index contributed by atoms with van der Waals surface area (Å²) in [7, 11) is 1.84. The van der Waals surface area contributed by atoms with E-state index in [1.54, 1.807) is 17.4 Å². The molecule has 21 heavy (non-hydrogen) atoms. The van der Waals surface area contributed by atoms with Crippen molar-refractivity contribution in [3.8, 4) is 0 Å². The maximum absolute atomic E-state index is 12.4. The highest BCUT2D eigenvalue weighted by atomic mass is 16.4. The predicted octanol–water partition coefficient (Wildman–Crippen LogP) is 1.83. The van der Waals surface area contributed by atoms with Crippen LogP contribution in [0.3, 0.4) is 0 Å². The van der Waals surface area contributed by atoms with Gasteiger partial charge in [-0.15, -0.1) is 0 Å². The fourth-order valence-electron chi connectivity index (χ4n) is 3.03. The monoisotopic (exact) mass is 293 g/mol. The van der Waals surface area contributed by atoms with Crippen LogP contribution >= 0.6 is 0 Å². The minimum atomic E-state index is -0.843. The Labute approximate surface area is 124 Å². The summed E-state index contributed by atoms with van der Waals surface area (Å²) in [4.78, 5) is 30.0. The highest BCUT2D eigenvalue weighted by Crippen LogP contribution is 2.36. The summed E-state index contributed by atoms with van der Waals surface area (Å²) < 4.78 is 1.81. The lowest BCUT2D eigenvalue weighted by molar-refractivity contribution is -0.146. The zero-order valence-corrected chi connectivity index (χ0v) is 12.8.